The number of carbonyl (C=O) groups excluding carboxylic acids is 1. The second kappa shape index (κ2) is 7.53. The molecule has 0 aliphatic heterocycles. The number of aromatic nitrogens is 1. The zero-order valence-electron chi connectivity index (χ0n) is 13.3. The van der Waals surface area contributed by atoms with Crippen LogP contribution in [0.1, 0.15) is 22.8 Å². The van der Waals surface area contributed by atoms with E-state index in [0.717, 1.165) is 23.1 Å². The minimum absolute atomic E-state index is 0.0626. The van der Waals surface area contributed by atoms with Gasteiger partial charge in [-0.2, -0.15) is 13.2 Å². The van der Waals surface area contributed by atoms with E-state index in [2.05, 4.69) is 4.98 Å². The zero-order chi connectivity index (χ0) is 18.8. The summed E-state index contributed by atoms with van der Waals surface area (Å²) in [5.41, 5.74) is -1.01. The number of anilines is 1. The van der Waals surface area contributed by atoms with Gasteiger partial charge in [0.25, 0.3) is 5.91 Å². The predicted molar refractivity (Wildman–Crippen MR) is 90.4 cm³/mol. The highest BCUT2D eigenvalue weighted by Crippen LogP contribution is 2.32. The largest absolute Gasteiger partial charge is 0.416 e. The summed E-state index contributed by atoms with van der Waals surface area (Å²) in [5, 5.41) is 0.381. The van der Waals surface area contributed by atoms with Crippen LogP contribution >= 0.6 is 11.6 Å². The maximum atomic E-state index is 12.9. The summed E-state index contributed by atoms with van der Waals surface area (Å²) in [5.74, 6) is -0.257. The van der Waals surface area contributed by atoms with Crippen LogP contribution in [0, 0.1) is 0 Å². The van der Waals surface area contributed by atoms with Gasteiger partial charge < -0.3 is 0 Å². The molecule has 0 radical (unpaired) electrons. The lowest BCUT2D eigenvalue weighted by Crippen LogP contribution is -2.28. The molecule has 0 N–H and O–H groups in total. The highest BCUT2D eigenvalue weighted by molar-refractivity contribution is 7.85. The topological polar surface area (TPSA) is 50.3 Å². The molecule has 1 unspecified atom stereocenters. The van der Waals surface area contributed by atoms with Crippen molar-refractivity contribution in [3.8, 4) is 0 Å². The van der Waals surface area contributed by atoms with Crippen molar-refractivity contribution in [1.29, 1.82) is 0 Å². The zero-order valence-corrected chi connectivity index (χ0v) is 14.9. The summed E-state index contributed by atoms with van der Waals surface area (Å²) < 4.78 is 50.9. The Morgan fingerprint density at radius 3 is 2.48 bits per heavy atom. The lowest BCUT2D eigenvalue weighted by Gasteiger charge is -2.19. The molecule has 9 heteroatoms. The smallest absolute Gasteiger partial charge is 0.296 e. The first-order chi connectivity index (χ1) is 11.6. The van der Waals surface area contributed by atoms with Crippen molar-refractivity contribution in [2.24, 2.45) is 0 Å². The monoisotopic (exact) mass is 390 g/mol. The number of nitrogens with zero attached hydrogens (tertiary/aromatic N) is 2. The number of hydrogen-bond acceptors (Lipinski definition) is 3. The molecule has 0 fully saturated rings. The maximum absolute atomic E-state index is 12.9. The first kappa shape index (κ1) is 19.4. The second-order valence-corrected chi connectivity index (χ2v) is 7.19. The SMILES string of the molecule is CCS(=O)c1cc(C(F)(F)F)ccc1C(=O)N(C)c1ccc(Cl)cn1. The highest BCUT2D eigenvalue weighted by atomic mass is 35.5. The Labute approximate surface area is 150 Å². The fourth-order valence-corrected chi connectivity index (χ4v) is 3.15. The number of rotatable bonds is 4. The molecule has 4 nitrogen and oxygen atoms in total. The van der Waals surface area contributed by atoms with Gasteiger partial charge in [0.2, 0.25) is 0 Å². The minimum Gasteiger partial charge on any atom is -0.296 e. The van der Waals surface area contributed by atoms with Gasteiger partial charge >= 0.3 is 6.18 Å². The number of alkyl halides is 3. The Hall–Kier alpha value is -1.93. The summed E-state index contributed by atoms with van der Waals surface area (Å²) in [6.45, 7) is 1.56. The Kier molecular flexibility index (Phi) is 5.84. The quantitative estimate of drug-likeness (QED) is 0.787. The molecule has 1 amide bonds. The lowest BCUT2D eigenvalue weighted by molar-refractivity contribution is -0.137. The molecule has 25 heavy (non-hydrogen) atoms. The van der Waals surface area contributed by atoms with Crippen molar-refractivity contribution < 1.29 is 22.2 Å². The second-order valence-electron chi connectivity index (χ2n) is 5.04. The molecule has 0 spiro atoms. The molecule has 2 rings (SSSR count). The highest BCUT2D eigenvalue weighted by Gasteiger charge is 2.32. The summed E-state index contributed by atoms with van der Waals surface area (Å²) >= 11 is 5.75. The van der Waals surface area contributed by atoms with Crippen LogP contribution in [0.5, 0.6) is 0 Å². The first-order valence-corrected chi connectivity index (χ1v) is 8.84. The molecule has 1 heterocycles. The third-order valence-electron chi connectivity index (χ3n) is 3.41. The molecule has 2 aromatic rings. The molecule has 0 aliphatic carbocycles. The van der Waals surface area contributed by atoms with Crippen LogP contribution in [0.2, 0.25) is 5.02 Å². The number of halogens is 4. The van der Waals surface area contributed by atoms with Crippen molar-refractivity contribution in [1.82, 2.24) is 4.98 Å². The molecular weight excluding hydrogens is 377 g/mol. The van der Waals surface area contributed by atoms with E-state index in [1.165, 1.54) is 25.4 Å². The Bertz CT molecular complexity index is 810. The molecule has 0 bridgehead atoms. The van der Waals surface area contributed by atoms with E-state index in [-0.39, 0.29) is 22.0 Å². The van der Waals surface area contributed by atoms with Gasteiger partial charge in [0, 0.05) is 19.0 Å². The Morgan fingerprint density at radius 2 is 1.96 bits per heavy atom. The van der Waals surface area contributed by atoms with Crippen molar-refractivity contribution >= 4 is 34.1 Å². The van der Waals surface area contributed by atoms with Gasteiger partial charge in [0.1, 0.15) is 5.82 Å². The van der Waals surface area contributed by atoms with Crippen LogP contribution in [0.15, 0.2) is 41.4 Å². The van der Waals surface area contributed by atoms with Crippen LogP contribution in [-0.2, 0) is 17.0 Å². The number of benzene rings is 1. The van der Waals surface area contributed by atoms with E-state index in [9.17, 15) is 22.2 Å². The van der Waals surface area contributed by atoms with E-state index in [0.29, 0.717) is 5.02 Å². The molecule has 1 aromatic carbocycles. The van der Waals surface area contributed by atoms with E-state index in [1.807, 2.05) is 0 Å². The molecule has 1 aromatic heterocycles. The normalized spacial score (nSPS) is 12.7. The number of amides is 1. The maximum Gasteiger partial charge on any atom is 0.416 e. The van der Waals surface area contributed by atoms with Gasteiger partial charge in [0.15, 0.2) is 0 Å². The van der Waals surface area contributed by atoms with Crippen LogP contribution < -0.4 is 4.90 Å². The molecule has 134 valence electrons. The van der Waals surface area contributed by atoms with Crippen LogP contribution in [0.3, 0.4) is 0 Å². The number of carbonyl (C=O) groups is 1. The lowest BCUT2D eigenvalue weighted by atomic mass is 10.1. The Balaban J connectivity index is 2.47. The van der Waals surface area contributed by atoms with Gasteiger partial charge in [0.05, 0.1) is 31.8 Å². The molecule has 1 atom stereocenters. The first-order valence-electron chi connectivity index (χ1n) is 7.14. The van der Waals surface area contributed by atoms with Gasteiger partial charge in [-0.05, 0) is 30.3 Å². The van der Waals surface area contributed by atoms with Gasteiger partial charge in [-0.25, -0.2) is 4.98 Å². The van der Waals surface area contributed by atoms with Crippen molar-refractivity contribution in [2.45, 2.75) is 18.0 Å². The summed E-state index contributed by atoms with van der Waals surface area (Å²) in [6.07, 6.45) is -3.24. The number of pyridine rings is 1. The van der Waals surface area contributed by atoms with Crippen molar-refractivity contribution in [3.63, 3.8) is 0 Å². The van der Waals surface area contributed by atoms with E-state index < -0.39 is 28.4 Å². The Morgan fingerprint density at radius 1 is 1.28 bits per heavy atom. The van der Waals surface area contributed by atoms with Crippen LogP contribution in [0.25, 0.3) is 0 Å². The fraction of sp³-hybridized carbons (Fsp3) is 0.250. The predicted octanol–water partition coefficient (Wildman–Crippen LogP) is 4.16. The molecular formula is C16H14ClF3N2O2S. The van der Waals surface area contributed by atoms with E-state index >= 15 is 0 Å². The summed E-state index contributed by atoms with van der Waals surface area (Å²) in [6, 6.07) is 5.63. The number of hydrogen-bond donors (Lipinski definition) is 0. The molecule has 0 saturated carbocycles. The average molecular weight is 391 g/mol. The molecule has 0 saturated heterocycles. The minimum atomic E-state index is -4.59. The van der Waals surface area contributed by atoms with Crippen LogP contribution in [-0.4, -0.2) is 27.9 Å². The fourth-order valence-electron chi connectivity index (χ4n) is 2.07. The van der Waals surface area contributed by atoms with E-state index in [4.69, 9.17) is 11.6 Å². The summed E-state index contributed by atoms with van der Waals surface area (Å²) in [4.78, 5) is 17.7. The third kappa shape index (κ3) is 4.38. The van der Waals surface area contributed by atoms with Crippen LogP contribution in [0.4, 0.5) is 19.0 Å². The van der Waals surface area contributed by atoms with E-state index in [1.54, 1.807) is 6.92 Å². The van der Waals surface area contributed by atoms with Gasteiger partial charge in [-0.15, -0.1) is 0 Å². The summed E-state index contributed by atoms with van der Waals surface area (Å²) in [7, 11) is -0.308. The standard InChI is InChI=1S/C16H14ClF3N2O2S/c1-3-25(24)13-8-10(16(18,19)20)4-6-12(13)15(23)22(2)14-7-5-11(17)9-21-14/h4-9H,3H2,1-2H3. The third-order valence-corrected chi connectivity index (χ3v) is 4.98. The van der Waals surface area contributed by atoms with Gasteiger partial charge in [-0.1, -0.05) is 18.5 Å². The van der Waals surface area contributed by atoms with Gasteiger partial charge in [-0.3, -0.25) is 13.9 Å². The molecule has 0 aliphatic rings. The van der Waals surface area contributed by atoms with Crippen molar-refractivity contribution in [3.05, 3.63) is 52.7 Å². The average Bonchev–Trinajstić information content (AvgIpc) is 2.59. The van der Waals surface area contributed by atoms with Crippen molar-refractivity contribution in [2.75, 3.05) is 17.7 Å².